The largest absolute Gasteiger partial charge is 0.478 e. The molecule has 0 bridgehead atoms. The Labute approximate surface area is 125 Å². The molecule has 1 aliphatic rings. The van der Waals surface area contributed by atoms with Crippen molar-refractivity contribution in [3.05, 3.63) is 41.5 Å². The van der Waals surface area contributed by atoms with Crippen molar-refractivity contribution in [1.29, 1.82) is 0 Å². The number of hydrogen-bond acceptors (Lipinski definition) is 2. The second-order valence-electron chi connectivity index (χ2n) is 5.38. The van der Waals surface area contributed by atoms with Crippen LogP contribution in [0.3, 0.4) is 0 Å². The zero-order valence-corrected chi connectivity index (χ0v) is 12.3. The lowest BCUT2D eigenvalue weighted by molar-refractivity contribution is -0.131. The Bertz CT molecular complexity index is 529. The number of nitrogens with zero attached hydrogens (tertiary/aromatic N) is 1. The van der Waals surface area contributed by atoms with Crippen LogP contribution in [-0.4, -0.2) is 34.5 Å². The molecule has 4 heteroatoms. The molecule has 0 radical (unpaired) electrons. The zero-order valence-electron chi connectivity index (χ0n) is 12.3. The third-order valence-corrected chi connectivity index (χ3v) is 3.58. The van der Waals surface area contributed by atoms with E-state index in [1.165, 1.54) is 6.08 Å². The number of carbonyl (C=O) groups excluding carboxylic acids is 1. The molecule has 4 nitrogen and oxygen atoms in total. The maximum atomic E-state index is 12.5. The molecule has 1 aliphatic carbocycles. The number of benzene rings is 1. The van der Waals surface area contributed by atoms with Crippen LogP contribution in [0.4, 0.5) is 0 Å². The van der Waals surface area contributed by atoms with E-state index in [0.717, 1.165) is 43.9 Å². The van der Waals surface area contributed by atoms with E-state index in [9.17, 15) is 9.59 Å². The molecule has 0 aromatic heterocycles. The standard InChI is InChI=1S/C17H21NO3/c1-2-3-12-18(15-9-10-15)17(21)14-7-4-13(5-8-14)6-11-16(19)20/h4-8,11,15H,2-3,9-10,12H2,1H3,(H,19,20). The average Bonchev–Trinajstić information content (AvgIpc) is 3.30. The van der Waals surface area contributed by atoms with Gasteiger partial charge in [0.2, 0.25) is 0 Å². The first-order valence-corrected chi connectivity index (χ1v) is 7.44. The number of amides is 1. The molecule has 0 spiro atoms. The normalized spacial score (nSPS) is 14.3. The molecule has 0 unspecified atom stereocenters. The topological polar surface area (TPSA) is 57.6 Å². The van der Waals surface area contributed by atoms with Gasteiger partial charge in [-0.05, 0) is 43.0 Å². The Morgan fingerprint density at radius 3 is 2.48 bits per heavy atom. The van der Waals surface area contributed by atoms with Crippen molar-refractivity contribution in [3.8, 4) is 0 Å². The molecule has 1 N–H and O–H groups in total. The molecule has 0 heterocycles. The monoisotopic (exact) mass is 287 g/mol. The minimum absolute atomic E-state index is 0.0831. The smallest absolute Gasteiger partial charge is 0.328 e. The fourth-order valence-electron chi connectivity index (χ4n) is 2.23. The van der Waals surface area contributed by atoms with E-state index in [2.05, 4.69) is 6.92 Å². The highest BCUT2D eigenvalue weighted by Crippen LogP contribution is 2.28. The summed E-state index contributed by atoms with van der Waals surface area (Å²) in [5.74, 6) is -0.894. The van der Waals surface area contributed by atoms with Gasteiger partial charge in [-0.25, -0.2) is 4.79 Å². The van der Waals surface area contributed by atoms with Gasteiger partial charge >= 0.3 is 5.97 Å². The average molecular weight is 287 g/mol. The van der Waals surface area contributed by atoms with E-state index < -0.39 is 5.97 Å². The van der Waals surface area contributed by atoms with Crippen LogP contribution in [-0.2, 0) is 4.79 Å². The highest BCUT2D eigenvalue weighted by molar-refractivity contribution is 5.95. The molecule has 1 amide bonds. The van der Waals surface area contributed by atoms with Gasteiger partial charge in [0.1, 0.15) is 0 Å². The Morgan fingerprint density at radius 1 is 1.29 bits per heavy atom. The summed E-state index contributed by atoms with van der Waals surface area (Å²) in [7, 11) is 0. The zero-order chi connectivity index (χ0) is 15.2. The van der Waals surface area contributed by atoms with Gasteiger partial charge in [-0.2, -0.15) is 0 Å². The van der Waals surface area contributed by atoms with Gasteiger partial charge < -0.3 is 10.0 Å². The summed E-state index contributed by atoms with van der Waals surface area (Å²) in [5, 5.41) is 8.59. The van der Waals surface area contributed by atoms with Gasteiger partial charge in [-0.3, -0.25) is 4.79 Å². The summed E-state index contributed by atoms with van der Waals surface area (Å²) in [6.45, 7) is 2.94. The highest BCUT2D eigenvalue weighted by atomic mass is 16.4. The lowest BCUT2D eigenvalue weighted by atomic mass is 10.1. The number of carboxylic acids is 1. The number of hydrogen-bond donors (Lipinski definition) is 1. The summed E-state index contributed by atoms with van der Waals surface area (Å²) >= 11 is 0. The Morgan fingerprint density at radius 2 is 1.95 bits per heavy atom. The number of carboxylic acid groups (broad SMARTS) is 1. The van der Waals surface area contributed by atoms with E-state index in [1.807, 2.05) is 4.90 Å². The summed E-state index contributed by atoms with van der Waals surface area (Å²) in [6, 6.07) is 7.50. The lowest BCUT2D eigenvalue weighted by Gasteiger charge is -2.22. The first kappa shape index (κ1) is 15.3. The molecule has 112 valence electrons. The predicted molar refractivity (Wildman–Crippen MR) is 82.1 cm³/mol. The molecule has 1 aromatic rings. The Kier molecular flexibility index (Phi) is 5.14. The fraction of sp³-hybridized carbons (Fsp3) is 0.412. The van der Waals surface area contributed by atoms with Crippen molar-refractivity contribution >= 4 is 18.0 Å². The van der Waals surface area contributed by atoms with Crippen molar-refractivity contribution in [1.82, 2.24) is 4.90 Å². The second-order valence-corrected chi connectivity index (χ2v) is 5.38. The molecule has 0 aliphatic heterocycles. The molecular formula is C17H21NO3. The van der Waals surface area contributed by atoms with Crippen LogP contribution in [0, 0.1) is 0 Å². The maximum Gasteiger partial charge on any atom is 0.328 e. The van der Waals surface area contributed by atoms with Crippen LogP contribution in [0.2, 0.25) is 0 Å². The summed E-state index contributed by atoms with van der Waals surface area (Å²) < 4.78 is 0. The van der Waals surface area contributed by atoms with E-state index >= 15 is 0 Å². The van der Waals surface area contributed by atoms with Crippen molar-refractivity contribution in [2.24, 2.45) is 0 Å². The minimum Gasteiger partial charge on any atom is -0.478 e. The van der Waals surface area contributed by atoms with E-state index in [-0.39, 0.29) is 5.91 Å². The van der Waals surface area contributed by atoms with Gasteiger partial charge in [-0.1, -0.05) is 25.5 Å². The molecule has 0 atom stereocenters. The van der Waals surface area contributed by atoms with Crippen LogP contribution < -0.4 is 0 Å². The maximum absolute atomic E-state index is 12.5. The van der Waals surface area contributed by atoms with Crippen LogP contribution in [0.1, 0.15) is 48.5 Å². The molecule has 2 rings (SSSR count). The van der Waals surface area contributed by atoms with Gasteiger partial charge in [0, 0.05) is 24.2 Å². The fourth-order valence-corrected chi connectivity index (χ4v) is 2.23. The van der Waals surface area contributed by atoms with E-state index in [4.69, 9.17) is 5.11 Å². The first-order valence-electron chi connectivity index (χ1n) is 7.44. The van der Waals surface area contributed by atoms with Gasteiger partial charge in [0.15, 0.2) is 0 Å². The molecule has 21 heavy (non-hydrogen) atoms. The number of unbranched alkanes of at least 4 members (excludes halogenated alkanes) is 1. The molecule has 1 saturated carbocycles. The lowest BCUT2D eigenvalue weighted by Crippen LogP contribution is -2.33. The minimum atomic E-state index is -0.977. The number of aliphatic carboxylic acids is 1. The third-order valence-electron chi connectivity index (χ3n) is 3.58. The van der Waals surface area contributed by atoms with Crippen molar-refractivity contribution < 1.29 is 14.7 Å². The van der Waals surface area contributed by atoms with Crippen LogP contribution >= 0.6 is 0 Å². The van der Waals surface area contributed by atoms with Gasteiger partial charge in [0.05, 0.1) is 0 Å². The summed E-state index contributed by atoms with van der Waals surface area (Å²) in [6.07, 6.45) is 6.93. The Hall–Kier alpha value is -2.10. The summed E-state index contributed by atoms with van der Waals surface area (Å²) in [4.78, 5) is 25.0. The van der Waals surface area contributed by atoms with Crippen LogP contribution in [0.5, 0.6) is 0 Å². The van der Waals surface area contributed by atoms with E-state index in [1.54, 1.807) is 24.3 Å². The summed E-state index contributed by atoms with van der Waals surface area (Å²) in [5.41, 5.74) is 1.45. The SMILES string of the molecule is CCCCN(C(=O)c1ccc(C=CC(=O)O)cc1)C1CC1. The molecular weight excluding hydrogens is 266 g/mol. The van der Waals surface area contributed by atoms with Crippen LogP contribution in [0.25, 0.3) is 6.08 Å². The molecule has 1 aromatic carbocycles. The third kappa shape index (κ3) is 4.45. The Balaban J connectivity index is 2.05. The number of carbonyl (C=O) groups is 2. The van der Waals surface area contributed by atoms with Gasteiger partial charge in [-0.15, -0.1) is 0 Å². The molecule has 1 fully saturated rings. The number of rotatable bonds is 7. The predicted octanol–water partition coefficient (Wildman–Crippen LogP) is 3.19. The van der Waals surface area contributed by atoms with E-state index in [0.29, 0.717) is 11.6 Å². The van der Waals surface area contributed by atoms with Crippen LogP contribution in [0.15, 0.2) is 30.3 Å². The first-order chi connectivity index (χ1) is 10.1. The van der Waals surface area contributed by atoms with Gasteiger partial charge in [0.25, 0.3) is 5.91 Å². The van der Waals surface area contributed by atoms with Crippen molar-refractivity contribution in [3.63, 3.8) is 0 Å². The molecule has 0 saturated heterocycles. The van der Waals surface area contributed by atoms with Crippen molar-refractivity contribution in [2.75, 3.05) is 6.54 Å². The van der Waals surface area contributed by atoms with Crippen molar-refractivity contribution in [2.45, 2.75) is 38.6 Å². The quantitative estimate of drug-likeness (QED) is 0.783. The second kappa shape index (κ2) is 7.07. The highest BCUT2D eigenvalue weighted by Gasteiger charge is 2.32.